The molecule has 0 atom stereocenters. The van der Waals surface area contributed by atoms with Crippen LogP contribution < -0.4 is 11.1 Å². The van der Waals surface area contributed by atoms with Crippen LogP contribution in [0.3, 0.4) is 0 Å². The molecule has 0 amide bonds. The molecule has 0 radical (unpaired) electrons. The van der Waals surface area contributed by atoms with Crippen LogP contribution in [-0.2, 0) is 6.54 Å². The monoisotopic (exact) mass is 316 g/mol. The van der Waals surface area contributed by atoms with Gasteiger partial charge < -0.3 is 15.5 Å². The van der Waals surface area contributed by atoms with E-state index in [1.807, 2.05) is 36.4 Å². The molecule has 0 aliphatic carbocycles. The van der Waals surface area contributed by atoms with Crippen LogP contribution in [0.5, 0.6) is 0 Å². The van der Waals surface area contributed by atoms with Gasteiger partial charge in [0.25, 0.3) is 0 Å². The number of anilines is 2. The minimum Gasteiger partial charge on any atom is -0.459 e. The third kappa shape index (κ3) is 3.23. The number of benzene rings is 2. The summed E-state index contributed by atoms with van der Waals surface area (Å²) in [5, 5.41) is 3.22. The Morgan fingerprint density at radius 3 is 2.73 bits per heavy atom. The molecule has 1 aromatic heterocycles. The van der Waals surface area contributed by atoms with E-state index in [-0.39, 0.29) is 5.02 Å². The van der Waals surface area contributed by atoms with Gasteiger partial charge in [-0.25, -0.2) is 4.39 Å². The molecule has 0 saturated carbocycles. The molecule has 1 heterocycles. The first kappa shape index (κ1) is 14.5. The van der Waals surface area contributed by atoms with E-state index in [2.05, 4.69) is 5.32 Å². The molecule has 5 heteroatoms. The molecule has 3 nitrogen and oxygen atoms in total. The first-order chi connectivity index (χ1) is 10.6. The minimum atomic E-state index is -0.436. The number of hydrogen-bond donors (Lipinski definition) is 2. The highest BCUT2D eigenvalue weighted by molar-refractivity contribution is 6.31. The molecule has 3 aromatic rings. The second kappa shape index (κ2) is 6.12. The molecule has 0 saturated heterocycles. The number of nitrogens with one attached hydrogen (secondary N) is 1. The van der Waals surface area contributed by atoms with Crippen LogP contribution >= 0.6 is 11.6 Å². The van der Waals surface area contributed by atoms with Crippen molar-refractivity contribution in [1.82, 2.24) is 0 Å². The van der Waals surface area contributed by atoms with Gasteiger partial charge in [0.1, 0.15) is 17.3 Å². The lowest BCUT2D eigenvalue weighted by Gasteiger charge is -2.05. The predicted octanol–water partition coefficient (Wildman–Crippen LogP) is 4.93. The molecule has 0 spiro atoms. The fourth-order valence-corrected chi connectivity index (χ4v) is 2.30. The van der Waals surface area contributed by atoms with Crippen molar-refractivity contribution in [3.63, 3.8) is 0 Å². The van der Waals surface area contributed by atoms with Crippen LogP contribution in [0.1, 0.15) is 5.76 Å². The van der Waals surface area contributed by atoms with Crippen molar-refractivity contribution >= 4 is 23.0 Å². The summed E-state index contributed by atoms with van der Waals surface area (Å²) in [6, 6.07) is 15.8. The zero-order chi connectivity index (χ0) is 15.5. The van der Waals surface area contributed by atoms with Crippen molar-refractivity contribution in [2.24, 2.45) is 0 Å². The average Bonchev–Trinajstić information content (AvgIpc) is 2.97. The summed E-state index contributed by atoms with van der Waals surface area (Å²) in [5.41, 5.74) is 8.11. The number of furan rings is 1. The minimum absolute atomic E-state index is 0.0879. The summed E-state index contributed by atoms with van der Waals surface area (Å²) in [4.78, 5) is 0. The van der Waals surface area contributed by atoms with E-state index >= 15 is 0 Å². The highest BCUT2D eigenvalue weighted by atomic mass is 35.5. The topological polar surface area (TPSA) is 51.2 Å². The highest BCUT2D eigenvalue weighted by Crippen LogP contribution is 2.25. The zero-order valence-corrected chi connectivity index (χ0v) is 12.4. The number of nitrogens with two attached hydrogens (primary N) is 1. The van der Waals surface area contributed by atoms with Gasteiger partial charge in [-0.15, -0.1) is 0 Å². The van der Waals surface area contributed by atoms with Crippen LogP contribution in [0, 0.1) is 5.82 Å². The van der Waals surface area contributed by atoms with Crippen molar-refractivity contribution in [3.05, 3.63) is 71.2 Å². The van der Waals surface area contributed by atoms with Gasteiger partial charge in [0, 0.05) is 16.9 Å². The molecule has 3 rings (SSSR count). The Balaban J connectivity index is 1.70. The highest BCUT2D eigenvalue weighted by Gasteiger charge is 2.06. The van der Waals surface area contributed by atoms with E-state index in [0.29, 0.717) is 12.2 Å². The SMILES string of the molecule is Nc1cccc(-c2ccc(CNc3ccc(F)c(Cl)c3)o2)c1. The second-order valence-electron chi connectivity index (χ2n) is 4.87. The van der Waals surface area contributed by atoms with Crippen molar-refractivity contribution in [2.45, 2.75) is 6.54 Å². The maximum absolute atomic E-state index is 13.1. The molecule has 0 aliphatic rings. The van der Waals surface area contributed by atoms with Gasteiger partial charge in [-0.2, -0.15) is 0 Å². The Kier molecular flexibility index (Phi) is 4.02. The largest absolute Gasteiger partial charge is 0.459 e. The van der Waals surface area contributed by atoms with E-state index in [1.54, 1.807) is 12.1 Å². The van der Waals surface area contributed by atoms with Crippen LogP contribution in [0.4, 0.5) is 15.8 Å². The van der Waals surface area contributed by atoms with Crippen molar-refractivity contribution in [1.29, 1.82) is 0 Å². The maximum Gasteiger partial charge on any atom is 0.141 e. The Bertz CT molecular complexity index is 801. The first-order valence-electron chi connectivity index (χ1n) is 6.75. The van der Waals surface area contributed by atoms with Gasteiger partial charge in [-0.1, -0.05) is 23.7 Å². The Morgan fingerprint density at radius 1 is 1.09 bits per heavy atom. The molecule has 22 heavy (non-hydrogen) atoms. The van der Waals surface area contributed by atoms with Crippen molar-refractivity contribution in [3.8, 4) is 11.3 Å². The standard InChI is InChI=1S/C17H14ClFN2O/c18-15-9-13(4-6-16(15)19)21-10-14-5-7-17(22-14)11-2-1-3-12(20)8-11/h1-9,21H,10,20H2. The van der Waals surface area contributed by atoms with E-state index in [1.165, 1.54) is 6.07 Å². The van der Waals surface area contributed by atoms with E-state index in [9.17, 15) is 4.39 Å². The van der Waals surface area contributed by atoms with Gasteiger partial charge in [-0.3, -0.25) is 0 Å². The number of hydrogen-bond acceptors (Lipinski definition) is 3. The average molecular weight is 317 g/mol. The number of rotatable bonds is 4. The normalized spacial score (nSPS) is 10.6. The maximum atomic E-state index is 13.1. The van der Waals surface area contributed by atoms with Crippen LogP contribution in [0.2, 0.25) is 5.02 Å². The Labute approximate surface area is 132 Å². The third-order valence-electron chi connectivity index (χ3n) is 3.22. The van der Waals surface area contributed by atoms with Crippen molar-refractivity contribution < 1.29 is 8.81 Å². The second-order valence-corrected chi connectivity index (χ2v) is 5.28. The van der Waals surface area contributed by atoms with Crippen LogP contribution in [-0.4, -0.2) is 0 Å². The van der Waals surface area contributed by atoms with Crippen LogP contribution in [0.25, 0.3) is 11.3 Å². The number of nitrogen functional groups attached to an aromatic ring is 1. The molecule has 0 aliphatic heterocycles. The quantitative estimate of drug-likeness (QED) is 0.671. The lowest BCUT2D eigenvalue weighted by atomic mass is 10.1. The molecular weight excluding hydrogens is 303 g/mol. The number of halogens is 2. The fourth-order valence-electron chi connectivity index (χ4n) is 2.12. The summed E-state index contributed by atoms with van der Waals surface area (Å²) in [6.07, 6.45) is 0. The molecule has 112 valence electrons. The smallest absolute Gasteiger partial charge is 0.141 e. The Morgan fingerprint density at radius 2 is 1.95 bits per heavy atom. The fraction of sp³-hybridized carbons (Fsp3) is 0.0588. The third-order valence-corrected chi connectivity index (χ3v) is 3.51. The lowest BCUT2D eigenvalue weighted by molar-refractivity contribution is 0.531. The van der Waals surface area contributed by atoms with E-state index < -0.39 is 5.82 Å². The van der Waals surface area contributed by atoms with Gasteiger partial charge in [0.15, 0.2) is 0 Å². The summed E-state index contributed by atoms with van der Waals surface area (Å²) < 4.78 is 18.9. The van der Waals surface area contributed by atoms with Gasteiger partial charge >= 0.3 is 0 Å². The summed E-state index contributed by atoms with van der Waals surface area (Å²) >= 11 is 5.74. The summed E-state index contributed by atoms with van der Waals surface area (Å²) in [5.74, 6) is 1.08. The summed E-state index contributed by atoms with van der Waals surface area (Å²) in [7, 11) is 0. The molecule has 2 aromatic carbocycles. The Hall–Kier alpha value is -2.46. The molecule has 0 fully saturated rings. The molecule has 0 unspecified atom stereocenters. The van der Waals surface area contributed by atoms with Gasteiger partial charge in [-0.05, 0) is 42.5 Å². The lowest BCUT2D eigenvalue weighted by Crippen LogP contribution is -1.98. The van der Waals surface area contributed by atoms with Gasteiger partial charge in [0.2, 0.25) is 0 Å². The first-order valence-corrected chi connectivity index (χ1v) is 7.13. The van der Waals surface area contributed by atoms with E-state index in [4.69, 9.17) is 21.8 Å². The molecule has 3 N–H and O–H groups in total. The van der Waals surface area contributed by atoms with Gasteiger partial charge in [0.05, 0.1) is 11.6 Å². The summed E-state index contributed by atoms with van der Waals surface area (Å²) in [6.45, 7) is 0.476. The zero-order valence-electron chi connectivity index (χ0n) is 11.6. The van der Waals surface area contributed by atoms with E-state index in [0.717, 1.165) is 22.8 Å². The molecule has 0 bridgehead atoms. The van der Waals surface area contributed by atoms with Crippen LogP contribution in [0.15, 0.2) is 59.0 Å². The van der Waals surface area contributed by atoms with Crippen molar-refractivity contribution in [2.75, 3.05) is 11.1 Å². The predicted molar refractivity (Wildman–Crippen MR) is 87.3 cm³/mol. The molecular formula is C17H14ClFN2O.